The van der Waals surface area contributed by atoms with E-state index in [1.807, 2.05) is 18.2 Å². The molecule has 0 aromatic rings. The summed E-state index contributed by atoms with van der Waals surface area (Å²) in [4.78, 5) is 35.5. The van der Waals surface area contributed by atoms with Crippen LogP contribution >= 0.6 is 7.82 Å². The van der Waals surface area contributed by atoms with Crippen molar-refractivity contribution in [3.05, 3.63) is 85.1 Å². The molecule has 0 saturated heterocycles. The first-order chi connectivity index (χ1) is 28.4. The Morgan fingerprint density at radius 3 is 1.54 bits per heavy atom. The van der Waals surface area contributed by atoms with Gasteiger partial charge in [0, 0.05) is 12.8 Å². The van der Waals surface area contributed by atoms with Crippen LogP contribution in [0.2, 0.25) is 0 Å². The van der Waals surface area contributed by atoms with E-state index in [1.54, 1.807) is 0 Å². The maximum Gasteiger partial charge on any atom is 0.472 e. The summed E-state index contributed by atoms with van der Waals surface area (Å²) in [7, 11) is -5.14. The number of allylic oxidation sites excluding steroid dienone is 14. The fourth-order valence-corrected chi connectivity index (χ4v) is 6.73. The fourth-order valence-electron chi connectivity index (χ4n) is 5.76. The van der Waals surface area contributed by atoms with E-state index in [4.69, 9.17) is 18.5 Å². The number of hydrogen-bond donors (Lipinski definition) is 6. The van der Waals surface area contributed by atoms with Gasteiger partial charge in [-0.15, -0.1) is 0 Å². The molecule has 0 aromatic heterocycles. The summed E-state index contributed by atoms with van der Waals surface area (Å²) in [6.07, 6.45) is 30.9. The Hall–Kier alpha value is -2.97. The topological polar surface area (TPSA) is 210 Å². The van der Waals surface area contributed by atoms with Crippen LogP contribution in [0.3, 0.4) is 0 Å². The zero-order valence-electron chi connectivity index (χ0n) is 35.3. The molecule has 0 spiro atoms. The lowest BCUT2D eigenvalue weighted by Crippen LogP contribution is -2.64. The summed E-state index contributed by atoms with van der Waals surface area (Å²) in [5.74, 6) is -1.22. The standard InChI is InChI=1S/C45H73O13P/c1-3-5-7-9-11-13-15-16-17-18-19-20-21-22-24-25-27-29-31-33-38(46)55-35-37(57-39(47)34-32-30-28-26-23-14-12-10-8-6-4-2)36-56-59(53,54)58-45-43(51)41(49)40(48)42(50)44(45)52/h5,7,10-13,16-17,19-20,22,24,27,29,37,40-45,48-52H,3-4,6,8-9,14-15,18,21,23,25-26,28,30-36H2,1-2H3,(H,53,54)/b7-5-,12-10-,13-11-,17-16-,20-19-,24-22-,29-27-/t37-,40?,41-,42?,43?,44?,45?/m1/s1. The minimum absolute atomic E-state index is 0.0355. The van der Waals surface area contributed by atoms with Gasteiger partial charge in [0.15, 0.2) is 6.10 Å². The minimum atomic E-state index is -5.14. The summed E-state index contributed by atoms with van der Waals surface area (Å²) in [6.45, 7) is 3.04. The van der Waals surface area contributed by atoms with Crippen molar-refractivity contribution in [1.82, 2.24) is 0 Å². The van der Waals surface area contributed by atoms with Crippen molar-refractivity contribution in [1.29, 1.82) is 0 Å². The number of aliphatic hydroxyl groups excluding tert-OH is 5. The molecule has 6 N–H and O–H groups in total. The lowest BCUT2D eigenvalue weighted by atomic mass is 9.85. The van der Waals surface area contributed by atoms with Crippen molar-refractivity contribution in [2.75, 3.05) is 13.2 Å². The van der Waals surface area contributed by atoms with Crippen LogP contribution in [0.4, 0.5) is 0 Å². The molecule has 0 heterocycles. The third-order valence-corrected chi connectivity index (χ3v) is 10.2. The highest BCUT2D eigenvalue weighted by molar-refractivity contribution is 7.47. The Bertz CT molecular complexity index is 1360. The predicted octanol–water partition coefficient (Wildman–Crippen LogP) is 7.72. The van der Waals surface area contributed by atoms with Gasteiger partial charge < -0.3 is 39.9 Å². The Morgan fingerprint density at radius 2 is 1.00 bits per heavy atom. The van der Waals surface area contributed by atoms with Gasteiger partial charge in [-0.05, 0) is 70.6 Å². The first-order valence-corrected chi connectivity index (χ1v) is 22.9. The minimum Gasteiger partial charge on any atom is -0.462 e. The number of aliphatic hydroxyl groups is 5. The number of carbonyl (C=O) groups excluding carboxylic acids is 2. The van der Waals surface area contributed by atoms with Crippen molar-refractivity contribution in [2.45, 2.75) is 172 Å². The molecule has 1 saturated carbocycles. The molecule has 59 heavy (non-hydrogen) atoms. The first kappa shape index (κ1) is 54.0. The molecule has 0 radical (unpaired) electrons. The molecule has 1 rings (SSSR count). The molecule has 1 fully saturated rings. The summed E-state index contributed by atoms with van der Waals surface area (Å²) < 4.78 is 33.3. The Labute approximate surface area is 352 Å². The fraction of sp³-hybridized carbons (Fsp3) is 0.644. The largest absolute Gasteiger partial charge is 0.472 e. The van der Waals surface area contributed by atoms with Crippen molar-refractivity contribution in [3.63, 3.8) is 0 Å². The summed E-state index contributed by atoms with van der Waals surface area (Å²) in [5.41, 5.74) is 0. The first-order valence-electron chi connectivity index (χ1n) is 21.4. The van der Waals surface area contributed by atoms with Crippen molar-refractivity contribution in [2.24, 2.45) is 0 Å². The highest BCUT2D eigenvalue weighted by Crippen LogP contribution is 2.47. The molecule has 336 valence electrons. The van der Waals surface area contributed by atoms with Gasteiger partial charge in [0.1, 0.15) is 43.2 Å². The number of ether oxygens (including phenoxy) is 2. The molecule has 6 unspecified atom stereocenters. The van der Waals surface area contributed by atoms with Gasteiger partial charge in [-0.1, -0.05) is 131 Å². The van der Waals surface area contributed by atoms with Crippen LogP contribution in [0.5, 0.6) is 0 Å². The zero-order valence-corrected chi connectivity index (χ0v) is 36.1. The van der Waals surface area contributed by atoms with E-state index in [1.165, 1.54) is 12.8 Å². The van der Waals surface area contributed by atoms with E-state index in [-0.39, 0.29) is 12.8 Å². The van der Waals surface area contributed by atoms with Crippen LogP contribution in [0.1, 0.15) is 129 Å². The third-order valence-electron chi connectivity index (χ3n) is 9.23. The van der Waals surface area contributed by atoms with Crippen molar-refractivity contribution >= 4 is 19.8 Å². The van der Waals surface area contributed by atoms with Crippen LogP contribution in [0, 0.1) is 0 Å². The number of hydrogen-bond acceptors (Lipinski definition) is 12. The van der Waals surface area contributed by atoms with Gasteiger partial charge in [0.05, 0.1) is 6.61 Å². The molecule has 0 amide bonds. The van der Waals surface area contributed by atoms with Crippen LogP contribution in [0.15, 0.2) is 85.1 Å². The number of phosphoric ester groups is 1. The second kappa shape index (κ2) is 34.7. The predicted molar refractivity (Wildman–Crippen MR) is 230 cm³/mol. The molecule has 0 aromatic carbocycles. The van der Waals surface area contributed by atoms with E-state index in [9.17, 15) is 44.6 Å². The molecule has 14 heteroatoms. The average molecular weight is 853 g/mol. The SMILES string of the molecule is CC/C=C\C/C=C\C/C=C\C/C=C\C/C=C\C/C=C\CCC(=O)OC[C@H](COP(=O)(O)OC1C(O)C(O)C(O)[C@@H](O)C1O)OC(=O)CCCCCCC/C=C\CCCC. The molecule has 1 aliphatic rings. The normalized spacial score (nSPS) is 23.2. The zero-order chi connectivity index (χ0) is 43.6. The van der Waals surface area contributed by atoms with Crippen LogP contribution in [0.25, 0.3) is 0 Å². The lowest BCUT2D eigenvalue weighted by molar-refractivity contribution is -0.220. The monoisotopic (exact) mass is 852 g/mol. The van der Waals surface area contributed by atoms with Crippen LogP contribution in [-0.2, 0) is 32.7 Å². The van der Waals surface area contributed by atoms with E-state index < -0.39 is 75.7 Å². The lowest BCUT2D eigenvalue weighted by Gasteiger charge is -2.41. The Kier molecular flexibility index (Phi) is 31.8. The van der Waals surface area contributed by atoms with Gasteiger partial charge >= 0.3 is 19.8 Å². The number of rotatable bonds is 33. The summed E-state index contributed by atoms with van der Waals surface area (Å²) >= 11 is 0. The van der Waals surface area contributed by atoms with E-state index in [0.717, 1.165) is 70.6 Å². The Balaban J connectivity index is 2.54. The van der Waals surface area contributed by atoms with Crippen molar-refractivity contribution < 1.29 is 63.1 Å². The summed E-state index contributed by atoms with van der Waals surface area (Å²) in [5, 5.41) is 50.0. The maximum absolute atomic E-state index is 12.8. The highest BCUT2D eigenvalue weighted by Gasteiger charge is 2.51. The molecule has 8 atom stereocenters. The molecular formula is C45H73O13P. The second-order valence-corrected chi connectivity index (χ2v) is 15.9. The average Bonchev–Trinajstić information content (AvgIpc) is 3.21. The van der Waals surface area contributed by atoms with Gasteiger partial charge in [-0.2, -0.15) is 0 Å². The molecular weight excluding hydrogens is 779 g/mol. The molecule has 13 nitrogen and oxygen atoms in total. The van der Waals surface area contributed by atoms with E-state index in [0.29, 0.717) is 19.3 Å². The van der Waals surface area contributed by atoms with Gasteiger partial charge in [-0.3, -0.25) is 18.6 Å². The summed E-state index contributed by atoms with van der Waals surface area (Å²) in [6, 6.07) is 0. The van der Waals surface area contributed by atoms with Gasteiger partial charge in [0.25, 0.3) is 0 Å². The maximum atomic E-state index is 12.8. The number of esters is 2. The van der Waals surface area contributed by atoms with E-state index >= 15 is 0 Å². The van der Waals surface area contributed by atoms with Gasteiger partial charge in [0.2, 0.25) is 0 Å². The smallest absolute Gasteiger partial charge is 0.462 e. The van der Waals surface area contributed by atoms with Gasteiger partial charge in [-0.25, -0.2) is 4.57 Å². The molecule has 0 aliphatic heterocycles. The molecule has 1 aliphatic carbocycles. The quantitative estimate of drug-likeness (QED) is 0.0162. The number of phosphoric acid groups is 1. The Morgan fingerprint density at radius 1 is 0.542 bits per heavy atom. The van der Waals surface area contributed by atoms with E-state index in [2.05, 4.69) is 80.7 Å². The third kappa shape index (κ3) is 27.5. The second-order valence-electron chi connectivity index (χ2n) is 14.5. The number of carbonyl (C=O) groups is 2. The number of unbranched alkanes of at least 4 members (excludes halogenated alkanes) is 7. The van der Waals surface area contributed by atoms with Crippen LogP contribution < -0.4 is 0 Å². The van der Waals surface area contributed by atoms with Crippen molar-refractivity contribution in [3.8, 4) is 0 Å². The highest BCUT2D eigenvalue weighted by atomic mass is 31.2. The van der Waals surface area contributed by atoms with Crippen LogP contribution in [-0.4, -0.2) is 98.3 Å². The molecule has 0 bridgehead atoms.